The van der Waals surface area contributed by atoms with E-state index in [4.69, 9.17) is 4.74 Å². The van der Waals surface area contributed by atoms with Crippen molar-refractivity contribution in [1.29, 1.82) is 0 Å². The van der Waals surface area contributed by atoms with Crippen molar-refractivity contribution in [3.05, 3.63) is 47.5 Å². The van der Waals surface area contributed by atoms with Crippen LogP contribution in [0.15, 0.2) is 30.7 Å². The minimum Gasteiger partial charge on any atom is -0.383 e. The molecule has 0 atom stereocenters. The van der Waals surface area contributed by atoms with Gasteiger partial charge in [0.15, 0.2) is 0 Å². The number of nitrogens with zero attached hydrogens (tertiary/aromatic N) is 4. The van der Waals surface area contributed by atoms with Gasteiger partial charge in [-0.15, -0.1) is 0 Å². The van der Waals surface area contributed by atoms with Gasteiger partial charge in [-0.2, -0.15) is 0 Å². The molecule has 154 valence electrons. The smallest absolute Gasteiger partial charge is 0.256 e. The van der Waals surface area contributed by atoms with Crippen LogP contribution < -0.4 is 10.6 Å². The number of carbonyl (C=O) groups excluding carboxylic acids is 2. The van der Waals surface area contributed by atoms with Gasteiger partial charge in [0.25, 0.3) is 11.8 Å². The van der Waals surface area contributed by atoms with Gasteiger partial charge < -0.3 is 20.3 Å². The summed E-state index contributed by atoms with van der Waals surface area (Å²) in [5, 5.41) is 5.61. The van der Waals surface area contributed by atoms with E-state index in [-0.39, 0.29) is 17.7 Å². The number of anilines is 1. The van der Waals surface area contributed by atoms with Gasteiger partial charge in [-0.3, -0.25) is 14.6 Å². The van der Waals surface area contributed by atoms with E-state index in [0.29, 0.717) is 43.3 Å². The van der Waals surface area contributed by atoms with E-state index in [1.165, 1.54) is 0 Å². The molecule has 2 aromatic rings. The molecule has 9 nitrogen and oxygen atoms in total. The Bertz CT molecular complexity index is 817. The maximum Gasteiger partial charge on any atom is 0.256 e. The van der Waals surface area contributed by atoms with Crippen LogP contribution in [0.1, 0.15) is 45.2 Å². The highest BCUT2D eigenvalue weighted by atomic mass is 16.5. The van der Waals surface area contributed by atoms with Crippen molar-refractivity contribution in [2.24, 2.45) is 0 Å². The summed E-state index contributed by atoms with van der Waals surface area (Å²) in [6.45, 7) is 2.24. The molecule has 0 unspecified atom stereocenters. The molecule has 0 aromatic carbocycles. The van der Waals surface area contributed by atoms with Crippen LogP contribution in [0.25, 0.3) is 0 Å². The van der Waals surface area contributed by atoms with E-state index in [1.807, 2.05) is 11.0 Å². The normalized spacial score (nSPS) is 14.5. The van der Waals surface area contributed by atoms with Crippen LogP contribution in [0.5, 0.6) is 0 Å². The third-order valence-corrected chi connectivity index (χ3v) is 4.96. The van der Waals surface area contributed by atoms with Crippen LogP contribution in [0.4, 0.5) is 5.95 Å². The Labute approximate surface area is 169 Å². The summed E-state index contributed by atoms with van der Waals surface area (Å²) in [7, 11) is 3.32. The first kappa shape index (κ1) is 20.7. The highest BCUT2D eigenvalue weighted by Crippen LogP contribution is 2.27. The molecule has 0 bridgehead atoms. The Kier molecular flexibility index (Phi) is 7.07. The lowest BCUT2D eigenvalue weighted by Crippen LogP contribution is -2.38. The van der Waals surface area contributed by atoms with Crippen LogP contribution in [-0.4, -0.2) is 72.1 Å². The third-order valence-electron chi connectivity index (χ3n) is 4.96. The largest absolute Gasteiger partial charge is 0.383 e. The van der Waals surface area contributed by atoms with Gasteiger partial charge in [-0.1, -0.05) is 0 Å². The molecule has 1 aliphatic rings. The molecule has 0 saturated carbocycles. The Hall–Kier alpha value is -3.07. The molecule has 1 aliphatic heterocycles. The molecule has 3 rings (SSSR count). The summed E-state index contributed by atoms with van der Waals surface area (Å²) in [5.41, 5.74) is 1.97. The summed E-state index contributed by atoms with van der Waals surface area (Å²) < 4.78 is 4.92. The highest BCUT2D eigenvalue weighted by Gasteiger charge is 2.25. The molecule has 2 aromatic heterocycles. The van der Waals surface area contributed by atoms with Crippen molar-refractivity contribution in [1.82, 2.24) is 25.2 Å². The van der Waals surface area contributed by atoms with Crippen LogP contribution in [0.3, 0.4) is 0 Å². The van der Waals surface area contributed by atoms with Crippen LogP contribution in [0, 0.1) is 0 Å². The number of hydrogen-bond acceptors (Lipinski definition) is 7. The van der Waals surface area contributed by atoms with Gasteiger partial charge in [-0.25, -0.2) is 9.97 Å². The Morgan fingerprint density at radius 2 is 1.79 bits per heavy atom. The molecular formula is C20H26N6O3. The molecule has 0 spiro atoms. The third kappa shape index (κ3) is 5.26. The number of ether oxygens (including phenoxy) is 1. The molecule has 1 fully saturated rings. The molecule has 2 amide bonds. The second kappa shape index (κ2) is 9.92. The van der Waals surface area contributed by atoms with Gasteiger partial charge in [0.2, 0.25) is 5.95 Å². The van der Waals surface area contributed by atoms with E-state index in [1.54, 1.807) is 38.8 Å². The lowest BCUT2D eigenvalue weighted by Gasteiger charge is -2.31. The molecule has 1 saturated heterocycles. The Morgan fingerprint density at radius 3 is 2.38 bits per heavy atom. The number of amides is 2. The summed E-state index contributed by atoms with van der Waals surface area (Å²) in [6, 6.07) is 3.69. The van der Waals surface area contributed by atoms with Crippen LogP contribution >= 0.6 is 0 Å². The van der Waals surface area contributed by atoms with Crippen molar-refractivity contribution < 1.29 is 14.3 Å². The highest BCUT2D eigenvalue weighted by molar-refractivity contribution is 5.94. The van der Waals surface area contributed by atoms with E-state index < -0.39 is 0 Å². The van der Waals surface area contributed by atoms with E-state index in [2.05, 4.69) is 25.6 Å². The first-order chi connectivity index (χ1) is 14.1. The van der Waals surface area contributed by atoms with Gasteiger partial charge in [0.1, 0.15) is 0 Å². The van der Waals surface area contributed by atoms with E-state index in [9.17, 15) is 9.59 Å². The minimum absolute atomic E-state index is 0.0536. The van der Waals surface area contributed by atoms with Crippen molar-refractivity contribution in [2.45, 2.75) is 18.8 Å². The molecule has 2 N–H and O–H groups in total. The minimum atomic E-state index is -0.159. The summed E-state index contributed by atoms with van der Waals surface area (Å²) in [6.07, 6.45) is 6.35. The van der Waals surface area contributed by atoms with Crippen molar-refractivity contribution in [3.8, 4) is 0 Å². The number of hydrogen-bond donors (Lipinski definition) is 2. The fourth-order valence-corrected chi connectivity index (χ4v) is 3.28. The number of piperidine rings is 1. The SMILES string of the molecule is CNc1ncc(C(=O)N2CCC(c3ccc(C(=O)NCCOC)cn3)CC2)cn1. The predicted molar refractivity (Wildman–Crippen MR) is 108 cm³/mol. The number of carbonyl (C=O) groups is 2. The van der Waals surface area contributed by atoms with Gasteiger partial charge in [-0.05, 0) is 25.0 Å². The number of methoxy groups -OCH3 is 1. The quantitative estimate of drug-likeness (QED) is 0.677. The number of nitrogens with one attached hydrogen (secondary N) is 2. The standard InChI is InChI=1S/C20H26N6O3/c1-21-20-24-12-16(13-25-20)19(28)26-8-5-14(6-9-26)17-4-3-15(11-23-17)18(27)22-7-10-29-2/h3-4,11-14H,5-10H2,1-2H3,(H,22,27)(H,21,24,25). The van der Waals surface area contributed by atoms with Crippen molar-refractivity contribution in [2.75, 3.05) is 45.7 Å². The predicted octanol–water partition coefficient (Wildman–Crippen LogP) is 1.31. The van der Waals surface area contributed by atoms with Gasteiger partial charge in [0.05, 0.1) is 17.7 Å². The van der Waals surface area contributed by atoms with Crippen LogP contribution in [0.2, 0.25) is 0 Å². The van der Waals surface area contributed by atoms with Gasteiger partial charge >= 0.3 is 0 Å². The first-order valence-corrected chi connectivity index (χ1v) is 9.64. The second-order valence-corrected chi connectivity index (χ2v) is 6.83. The maximum absolute atomic E-state index is 12.6. The molecule has 29 heavy (non-hydrogen) atoms. The average Bonchev–Trinajstić information content (AvgIpc) is 2.79. The zero-order valence-electron chi connectivity index (χ0n) is 16.7. The Morgan fingerprint density at radius 1 is 1.10 bits per heavy atom. The number of rotatable bonds is 7. The summed E-state index contributed by atoms with van der Waals surface area (Å²) in [5.74, 6) is 0.546. The zero-order valence-corrected chi connectivity index (χ0v) is 16.7. The van der Waals surface area contributed by atoms with Crippen molar-refractivity contribution >= 4 is 17.8 Å². The Balaban J connectivity index is 1.53. The topological polar surface area (TPSA) is 109 Å². The molecule has 0 radical (unpaired) electrons. The fraction of sp³-hybridized carbons (Fsp3) is 0.450. The van der Waals surface area contributed by atoms with Crippen molar-refractivity contribution in [3.63, 3.8) is 0 Å². The molecule has 9 heteroatoms. The second-order valence-electron chi connectivity index (χ2n) is 6.83. The monoisotopic (exact) mass is 398 g/mol. The number of likely N-dealkylation sites (tertiary alicyclic amines) is 1. The van der Waals surface area contributed by atoms with E-state index in [0.717, 1.165) is 18.5 Å². The number of pyridine rings is 1. The maximum atomic E-state index is 12.6. The summed E-state index contributed by atoms with van der Waals surface area (Å²) >= 11 is 0. The molecule has 0 aliphatic carbocycles. The first-order valence-electron chi connectivity index (χ1n) is 9.64. The lowest BCUT2D eigenvalue weighted by molar-refractivity contribution is 0.0711. The summed E-state index contributed by atoms with van der Waals surface area (Å²) in [4.78, 5) is 39.2. The molecule has 3 heterocycles. The number of aromatic nitrogens is 3. The van der Waals surface area contributed by atoms with E-state index >= 15 is 0 Å². The fourth-order valence-electron chi connectivity index (χ4n) is 3.28. The van der Waals surface area contributed by atoms with Gasteiger partial charge in [0, 0.05) is 64.0 Å². The average molecular weight is 398 g/mol. The van der Waals surface area contributed by atoms with Crippen LogP contribution in [-0.2, 0) is 4.74 Å². The zero-order chi connectivity index (χ0) is 20.6. The lowest BCUT2D eigenvalue weighted by atomic mass is 9.92. The molecular weight excluding hydrogens is 372 g/mol.